The highest BCUT2D eigenvalue weighted by molar-refractivity contribution is 5.95. The number of rotatable bonds is 6. The SMILES string of the molecule is CCOc1cc(CC2CCNCC2)ccc1NC(=O)C1CCCO1. The Kier molecular flexibility index (Phi) is 6.10. The van der Waals surface area contributed by atoms with E-state index in [1.165, 1.54) is 18.4 Å². The van der Waals surface area contributed by atoms with Crippen LogP contribution in [-0.4, -0.2) is 38.3 Å². The van der Waals surface area contributed by atoms with Gasteiger partial charge in [0.25, 0.3) is 5.91 Å². The normalized spacial score (nSPS) is 21.6. The largest absolute Gasteiger partial charge is 0.492 e. The highest BCUT2D eigenvalue weighted by Crippen LogP contribution is 2.29. The zero-order valence-corrected chi connectivity index (χ0v) is 14.5. The highest BCUT2D eigenvalue weighted by atomic mass is 16.5. The van der Waals surface area contributed by atoms with Crippen molar-refractivity contribution < 1.29 is 14.3 Å². The number of carbonyl (C=O) groups excluding carboxylic acids is 1. The summed E-state index contributed by atoms with van der Waals surface area (Å²) in [5.74, 6) is 1.42. The second-order valence-corrected chi connectivity index (χ2v) is 6.65. The standard InChI is InChI=1S/C19H28N2O3/c1-2-23-18-13-15(12-14-7-9-20-10-8-14)5-6-16(18)21-19(22)17-4-3-11-24-17/h5-6,13-14,17,20H,2-4,7-12H2,1H3,(H,21,22). The molecule has 0 radical (unpaired) electrons. The maximum Gasteiger partial charge on any atom is 0.253 e. The molecule has 0 aromatic heterocycles. The van der Waals surface area contributed by atoms with Crippen molar-refractivity contribution in [3.05, 3.63) is 23.8 Å². The third kappa shape index (κ3) is 4.48. The summed E-state index contributed by atoms with van der Waals surface area (Å²) in [4.78, 5) is 12.3. The molecule has 2 saturated heterocycles. The summed E-state index contributed by atoms with van der Waals surface area (Å²) in [5.41, 5.74) is 2.02. The van der Waals surface area contributed by atoms with Crippen LogP contribution in [0.2, 0.25) is 0 Å². The topological polar surface area (TPSA) is 59.6 Å². The lowest BCUT2D eigenvalue weighted by atomic mass is 9.91. The van der Waals surface area contributed by atoms with E-state index >= 15 is 0 Å². The molecule has 0 spiro atoms. The first-order valence-corrected chi connectivity index (χ1v) is 9.15. The van der Waals surface area contributed by atoms with Crippen molar-refractivity contribution in [3.63, 3.8) is 0 Å². The Morgan fingerprint density at radius 3 is 2.88 bits per heavy atom. The zero-order valence-electron chi connectivity index (χ0n) is 14.5. The maximum atomic E-state index is 12.3. The number of amides is 1. The van der Waals surface area contributed by atoms with Crippen LogP contribution in [0.5, 0.6) is 5.75 Å². The number of benzene rings is 1. The van der Waals surface area contributed by atoms with Crippen molar-refractivity contribution >= 4 is 11.6 Å². The molecule has 2 aliphatic heterocycles. The molecule has 24 heavy (non-hydrogen) atoms. The Morgan fingerprint density at radius 2 is 2.17 bits per heavy atom. The van der Waals surface area contributed by atoms with E-state index in [4.69, 9.17) is 9.47 Å². The molecule has 132 valence electrons. The Morgan fingerprint density at radius 1 is 1.33 bits per heavy atom. The smallest absolute Gasteiger partial charge is 0.253 e. The Hall–Kier alpha value is -1.59. The van der Waals surface area contributed by atoms with Gasteiger partial charge >= 0.3 is 0 Å². The molecule has 1 atom stereocenters. The van der Waals surface area contributed by atoms with Gasteiger partial charge in [-0.15, -0.1) is 0 Å². The first kappa shape index (κ1) is 17.2. The lowest BCUT2D eigenvalue weighted by Gasteiger charge is -2.23. The van der Waals surface area contributed by atoms with Crippen LogP contribution in [-0.2, 0) is 16.0 Å². The van der Waals surface area contributed by atoms with Gasteiger partial charge in [0.2, 0.25) is 0 Å². The second kappa shape index (κ2) is 8.49. The van der Waals surface area contributed by atoms with Crippen molar-refractivity contribution in [2.45, 2.75) is 45.1 Å². The molecule has 0 bridgehead atoms. The lowest BCUT2D eigenvalue weighted by Crippen LogP contribution is -2.28. The predicted octanol–water partition coefficient (Wildman–Crippen LogP) is 2.74. The monoisotopic (exact) mass is 332 g/mol. The van der Waals surface area contributed by atoms with Crippen LogP contribution in [0.15, 0.2) is 18.2 Å². The zero-order chi connectivity index (χ0) is 16.8. The van der Waals surface area contributed by atoms with Gasteiger partial charge in [-0.25, -0.2) is 0 Å². The number of anilines is 1. The number of hydrogen-bond donors (Lipinski definition) is 2. The molecule has 0 aliphatic carbocycles. The average Bonchev–Trinajstić information content (AvgIpc) is 3.13. The van der Waals surface area contributed by atoms with Crippen molar-refractivity contribution in [1.82, 2.24) is 5.32 Å². The lowest BCUT2D eigenvalue weighted by molar-refractivity contribution is -0.124. The first-order chi connectivity index (χ1) is 11.8. The molecule has 2 aliphatic rings. The molecular formula is C19H28N2O3. The molecule has 1 aromatic carbocycles. The van der Waals surface area contributed by atoms with Crippen LogP contribution < -0.4 is 15.4 Å². The van der Waals surface area contributed by atoms with E-state index in [1.807, 2.05) is 13.0 Å². The minimum atomic E-state index is -0.325. The Balaban J connectivity index is 1.67. The number of hydrogen-bond acceptors (Lipinski definition) is 4. The summed E-state index contributed by atoms with van der Waals surface area (Å²) >= 11 is 0. The summed E-state index contributed by atoms with van der Waals surface area (Å²) in [6.07, 6.45) is 4.94. The highest BCUT2D eigenvalue weighted by Gasteiger charge is 2.24. The molecule has 0 saturated carbocycles. The van der Waals surface area contributed by atoms with Crippen LogP contribution >= 0.6 is 0 Å². The molecule has 2 fully saturated rings. The number of piperidine rings is 1. The third-order valence-corrected chi connectivity index (χ3v) is 4.81. The van der Waals surface area contributed by atoms with Crippen molar-refractivity contribution in [3.8, 4) is 5.75 Å². The summed E-state index contributed by atoms with van der Waals surface area (Å²) in [6, 6.07) is 6.15. The van der Waals surface area contributed by atoms with Gasteiger partial charge in [0, 0.05) is 6.61 Å². The van der Waals surface area contributed by atoms with Gasteiger partial charge in [-0.3, -0.25) is 4.79 Å². The van der Waals surface area contributed by atoms with E-state index in [9.17, 15) is 4.79 Å². The molecule has 1 aromatic rings. The fourth-order valence-corrected chi connectivity index (χ4v) is 3.49. The van der Waals surface area contributed by atoms with E-state index in [-0.39, 0.29) is 12.0 Å². The molecule has 3 rings (SSSR count). The molecule has 5 heteroatoms. The Bertz CT molecular complexity index is 550. The third-order valence-electron chi connectivity index (χ3n) is 4.81. The van der Waals surface area contributed by atoms with Crippen molar-refractivity contribution in [2.24, 2.45) is 5.92 Å². The van der Waals surface area contributed by atoms with E-state index in [2.05, 4.69) is 22.8 Å². The van der Waals surface area contributed by atoms with Crippen molar-refractivity contribution in [1.29, 1.82) is 0 Å². The summed E-state index contributed by atoms with van der Waals surface area (Å²) in [6.45, 7) is 5.44. The Labute approximate surface area is 144 Å². The molecule has 1 unspecified atom stereocenters. The van der Waals surface area contributed by atoms with Gasteiger partial charge in [0.05, 0.1) is 12.3 Å². The number of carbonyl (C=O) groups is 1. The average molecular weight is 332 g/mol. The van der Waals surface area contributed by atoms with E-state index in [0.717, 1.165) is 49.7 Å². The fraction of sp³-hybridized carbons (Fsp3) is 0.632. The minimum Gasteiger partial charge on any atom is -0.492 e. The van der Waals surface area contributed by atoms with Gasteiger partial charge < -0.3 is 20.1 Å². The second-order valence-electron chi connectivity index (χ2n) is 6.65. The van der Waals surface area contributed by atoms with Crippen LogP contribution in [0.25, 0.3) is 0 Å². The molecule has 2 heterocycles. The van der Waals surface area contributed by atoms with Gasteiger partial charge in [-0.1, -0.05) is 6.07 Å². The van der Waals surface area contributed by atoms with Gasteiger partial charge in [0.1, 0.15) is 11.9 Å². The van der Waals surface area contributed by atoms with Crippen LogP contribution in [0.1, 0.15) is 38.2 Å². The van der Waals surface area contributed by atoms with Crippen LogP contribution in [0, 0.1) is 5.92 Å². The van der Waals surface area contributed by atoms with Gasteiger partial charge in [-0.05, 0) is 75.7 Å². The minimum absolute atomic E-state index is 0.0699. The summed E-state index contributed by atoms with van der Waals surface area (Å²) in [7, 11) is 0. The first-order valence-electron chi connectivity index (χ1n) is 9.15. The molecule has 1 amide bonds. The summed E-state index contributed by atoms with van der Waals surface area (Å²) < 4.78 is 11.2. The summed E-state index contributed by atoms with van der Waals surface area (Å²) in [5, 5.41) is 6.37. The number of ether oxygens (including phenoxy) is 2. The van der Waals surface area contributed by atoms with Crippen molar-refractivity contribution in [2.75, 3.05) is 31.6 Å². The quantitative estimate of drug-likeness (QED) is 0.841. The molecular weight excluding hydrogens is 304 g/mol. The molecule has 2 N–H and O–H groups in total. The number of nitrogens with one attached hydrogen (secondary N) is 2. The van der Waals surface area contributed by atoms with E-state index in [1.54, 1.807) is 0 Å². The van der Waals surface area contributed by atoms with Gasteiger partial charge in [-0.2, -0.15) is 0 Å². The van der Waals surface area contributed by atoms with Crippen LogP contribution in [0.4, 0.5) is 5.69 Å². The fourth-order valence-electron chi connectivity index (χ4n) is 3.49. The molecule has 5 nitrogen and oxygen atoms in total. The van der Waals surface area contributed by atoms with E-state index in [0.29, 0.717) is 13.2 Å². The van der Waals surface area contributed by atoms with E-state index < -0.39 is 0 Å². The maximum absolute atomic E-state index is 12.3. The van der Waals surface area contributed by atoms with Gasteiger partial charge in [0.15, 0.2) is 0 Å². The van der Waals surface area contributed by atoms with Crippen LogP contribution in [0.3, 0.4) is 0 Å². The predicted molar refractivity (Wildman–Crippen MR) is 94.5 cm³/mol.